The maximum atomic E-state index is 12.8. The van der Waals surface area contributed by atoms with Gasteiger partial charge in [-0.25, -0.2) is 17.5 Å². The Bertz CT molecular complexity index is 890. The molecule has 0 bridgehead atoms. The van der Waals surface area contributed by atoms with E-state index in [1.807, 2.05) is 0 Å². The fourth-order valence-electron chi connectivity index (χ4n) is 2.09. The summed E-state index contributed by atoms with van der Waals surface area (Å²) in [6, 6.07) is 13.4. The Hall–Kier alpha value is -2.76. The molecule has 0 unspecified atom stereocenters. The van der Waals surface area contributed by atoms with E-state index in [-0.39, 0.29) is 16.3 Å². The third-order valence-corrected chi connectivity index (χ3v) is 4.83. The van der Waals surface area contributed by atoms with Crippen molar-refractivity contribution in [3.8, 4) is 6.07 Å². The van der Waals surface area contributed by atoms with Crippen LogP contribution in [0.2, 0.25) is 0 Å². The number of hydrogen-bond donors (Lipinski definition) is 2. The summed E-state index contributed by atoms with van der Waals surface area (Å²) < 4.78 is 39.3. The summed E-state index contributed by atoms with van der Waals surface area (Å²) in [6.45, 7) is -0.146. The molecule has 6 nitrogen and oxygen atoms in total. The number of nitrogens with one attached hydrogen (secondary N) is 2. The molecule has 2 N–H and O–H groups in total. The number of sulfonamides is 1. The largest absolute Gasteiger partial charge is 0.355 e. The Labute approximate surface area is 145 Å². The van der Waals surface area contributed by atoms with Crippen LogP contribution in [0.1, 0.15) is 11.1 Å². The van der Waals surface area contributed by atoms with Crippen LogP contribution < -0.4 is 10.0 Å². The molecule has 1 amide bonds. The second-order valence-electron chi connectivity index (χ2n) is 5.16. The summed E-state index contributed by atoms with van der Waals surface area (Å²) in [5.74, 6) is -0.833. The monoisotopic (exact) mass is 361 g/mol. The van der Waals surface area contributed by atoms with Gasteiger partial charge < -0.3 is 5.32 Å². The fraction of sp³-hybridized carbons (Fsp3) is 0.176. The van der Waals surface area contributed by atoms with Crippen LogP contribution in [-0.2, 0) is 21.2 Å². The molecular formula is C17H16FN3O3S. The Morgan fingerprint density at radius 1 is 1.12 bits per heavy atom. The molecule has 0 fully saturated rings. The van der Waals surface area contributed by atoms with E-state index in [2.05, 4.69) is 10.0 Å². The molecule has 2 rings (SSSR count). The zero-order valence-corrected chi connectivity index (χ0v) is 14.0. The van der Waals surface area contributed by atoms with Gasteiger partial charge in [-0.3, -0.25) is 4.79 Å². The lowest BCUT2D eigenvalue weighted by Crippen LogP contribution is -2.37. The number of hydrogen-bond acceptors (Lipinski definition) is 4. The van der Waals surface area contributed by atoms with Gasteiger partial charge in [0.05, 0.1) is 17.0 Å². The second kappa shape index (κ2) is 8.37. The van der Waals surface area contributed by atoms with E-state index in [9.17, 15) is 17.6 Å². The Morgan fingerprint density at radius 3 is 2.48 bits per heavy atom. The lowest BCUT2D eigenvalue weighted by Gasteiger charge is -2.09. The van der Waals surface area contributed by atoms with E-state index >= 15 is 0 Å². The maximum Gasteiger partial charge on any atom is 0.242 e. The summed E-state index contributed by atoms with van der Waals surface area (Å²) in [5, 5.41) is 11.5. The molecule has 0 aromatic heterocycles. The van der Waals surface area contributed by atoms with Gasteiger partial charge >= 0.3 is 0 Å². The van der Waals surface area contributed by atoms with Crippen molar-refractivity contribution in [2.45, 2.75) is 11.3 Å². The molecule has 2 aromatic rings. The molecule has 25 heavy (non-hydrogen) atoms. The fourth-order valence-corrected chi connectivity index (χ4v) is 3.23. The topological polar surface area (TPSA) is 99.1 Å². The predicted molar refractivity (Wildman–Crippen MR) is 89.5 cm³/mol. The normalized spacial score (nSPS) is 10.9. The van der Waals surface area contributed by atoms with Gasteiger partial charge in [0.1, 0.15) is 11.9 Å². The van der Waals surface area contributed by atoms with E-state index in [1.165, 1.54) is 30.3 Å². The van der Waals surface area contributed by atoms with Gasteiger partial charge in [-0.15, -0.1) is 0 Å². The SMILES string of the molecule is N#Cc1ccccc1S(=O)(=O)NCC(=O)NCCc1ccc(F)cc1. The first-order chi connectivity index (χ1) is 11.9. The van der Waals surface area contributed by atoms with Gasteiger partial charge in [0.2, 0.25) is 15.9 Å². The molecule has 130 valence electrons. The number of nitriles is 1. The van der Waals surface area contributed by atoms with Crippen LogP contribution >= 0.6 is 0 Å². The second-order valence-corrected chi connectivity index (χ2v) is 6.89. The Morgan fingerprint density at radius 2 is 1.80 bits per heavy atom. The van der Waals surface area contributed by atoms with Crippen LogP contribution in [-0.4, -0.2) is 27.4 Å². The summed E-state index contributed by atoms with van der Waals surface area (Å²) in [7, 11) is -3.96. The lowest BCUT2D eigenvalue weighted by atomic mass is 10.1. The van der Waals surface area contributed by atoms with E-state index in [4.69, 9.17) is 5.26 Å². The highest BCUT2D eigenvalue weighted by atomic mass is 32.2. The average Bonchev–Trinajstić information content (AvgIpc) is 2.62. The Balaban J connectivity index is 1.85. The van der Waals surface area contributed by atoms with E-state index in [1.54, 1.807) is 24.3 Å². The highest BCUT2D eigenvalue weighted by Gasteiger charge is 2.18. The van der Waals surface area contributed by atoms with Crippen molar-refractivity contribution in [2.24, 2.45) is 0 Å². The van der Waals surface area contributed by atoms with Crippen molar-refractivity contribution in [3.05, 3.63) is 65.5 Å². The molecule has 2 aromatic carbocycles. The lowest BCUT2D eigenvalue weighted by molar-refractivity contribution is -0.119. The number of carbonyl (C=O) groups excluding carboxylic acids is 1. The van der Waals surface area contributed by atoms with Gasteiger partial charge in [0.15, 0.2) is 0 Å². The van der Waals surface area contributed by atoms with Crippen LogP contribution in [0.4, 0.5) is 4.39 Å². The van der Waals surface area contributed by atoms with Crippen LogP contribution in [0.3, 0.4) is 0 Å². The van der Waals surface area contributed by atoms with Crippen molar-refractivity contribution >= 4 is 15.9 Å². The third-order valence-electron chi connectivity index (χ3n) is 3.37. The van der Waals surface area contributed by atoms with Crippen molar-refractivity contribution in [2.75, 3.05) is 13.1 Å². The van der Waals surface area contributed by atoms with Gasteiger partial charge in [0.25, 0.3) is 0 Å². The highest BCUT2D eigenvalue weighted by molar-refractivity contribution is 7.89. The number of amides is 1. The highest BCUT2D eigenvalue weighted by Crippen LogP contribution is 2.13. The van der Waals surface area contributed by atoms with E-state index < -0.39 is 22.5 Å². The number of halogens is 1. The number of carbonyl (C=O) groups is 1. The van der Waals surface area contributed by atoms with Crippen LogP contribution in [0.15, 0.2) is 53.4 Å². The van der Waals surface area contributed by atoms with Gasteiger partial charge in [0, 0.05) is 6.54 Å². The van der Waals surface area contributed by atoms with Crippen molar-refractivity contribution in [3.63, 3.8) is 0 Å². The number of nitrogens with zero attached hydrogens (tertiary/aromatic N) is 1. The first-order valence-corrected chi connectivity index (χ1v) is 8.90. The Kier molecular flexibility index (Phi) is 6.22. The third kappa shape index (κ3) is 5.38. The summed E-state index contributed by atoms with van der Waals surface area (Å²) in [6.07, 6.45) is 0.496. The molecule has 0 aliphatic carbocycles. The van der Waals surface area contributed by atoms with Gasteiger partial charge in [-0.1, -0.05) is 24.3 Å². The molecule has 0 atom stereocenters. The molecule has 0 saturated carbocycles. The number of benzene rings is 2. The van der Waals surface area contributed by atoms with Gasteiger partial charge in [-0.2, -0.15) is 5.26 Å². The van der Waals surface area contributed by atoms with Crippen LogP contribution in [0, 0.1) is 17.1 Å². The summed E-state index contributed by atoms with van der Waals surface area (Å²) in [4.78, 5) is 11.6. The molecule has 0 heterocycles. The summed E-state index contributed by atoms with van der Waals surface area (Å²) in [5.41, 5.74) is 0.858. The average molecular weight is 361 g/mol. The molecule has 0 radical (unpaired) electrons. The first-order valence-electron chi connectivity index (χ1n) is 7.42. The minimum Gasteiger partial charge on any atom is -0.355 e. The molecular weight excluding hydrogens is 345 g/mol. The minimum atomic E-state index is -3.96. The van der Waals surface area contributed by atoms with Crippen molar-refractivity contribution < 1.29 is 17.6 Å². The minimum absolute atomic E-state index is 0.00622. The quantitative estimate of drug-likeness (QED) is 0.777. The molecule has 0 spiro atoms. The predicted octanol–water partition coefficient (Wildman–Crippen LogP) is 1.33. The number of rotatable bonds is 7. The van der Waals surface area contributed by atoms with Crippen LogP contribution in [0.25, 0.3) is 0 Å². The zero-order valence-electron chi connectivity index (χ0n) is 13.2. The molecule has 0 aliphatic rings. The van der Waals surface area contributed by atoms with E-state index in [0.29, 0.717) is 13.0 Å². The summed E-state index contributed by atoms with van der Waals surface area (Å²) >= 11 is 0. The standard InChI is InChI=1S/C17H16FN3O3S/c18-15-7-5-13(6-8-15)9-10-20-17(22)12-21-25(23,24)16-4-2-1-3-14(16)11-19/h1-8,21H,9-10,12H2,(H,20,22). The van der Waals surface area contributed by atoms with E-state index in [0.717, 1.165) is 5.56 Å². The zero-order chi connectivity index (χ0) is 18.3. The van der Waals surface area contributed by atoms with Crippen LogP contribution in [0.5, 0.6) is 0 Å². The molecule has 0 saturated heterocycles. The maximum absolute atomic E-state index is 12.8. The molecule has 0 aliphatic heterocycles. The van der Waals surface area contributed by atoms with Gasteiger partial charge in [-0.05, 0) is 36.2 Å². The first kappa shape index (κ1) is 18.6. The van der Waals surface area contributed by atoms with Crippen molar-refractivity contribution in [1.82, 2.24) is 10.0 Å². The van der Waals surface area contributed by atoms with Crippen molar-refractivity contribution in [1.29, 1.82) is 5.26 Å². The molecule has 8 heteroatoms. The smallest absolute Gasteiger partial charge is 0.242 e.